The SMILES string of the molecule is CCNC(=O)N(CCN1C(=O)CS[C@H]1c1ccccc1F)C(C)C. The number of benzene rings is 1. The average Bonchev–Trinajstić information content (AvgIpc) is 2.89. The molecule has 1 aliphatic rings. The number of halogens is 1. The summed E-state index contributed by atoms with van der Waals surface area (Å²) >= 11 is 1.42. The van der Waals surface area contributed by atoms with E-state index in [-0.39, 0.29) is 29.2 Å². The monoisotopic (exact) mass is 353 g/mol. The lowest BCUT2D eigenvalue weighted by Crippen LogP contribution is -2.47. The van der Waals surface area contributed by atoms with Crippen LogP contribution in [-0.4, -0.2) is 53.2 Å². The average molecular weight is 353 g/mol. The second-order valence-electron chi connectivity index (χ2n) is 5.89. The quantitative estimate of drug-likeness (QED) is 0.856. The highest BCUT2D eigenvalue weighted by Crippen LogP contribution is 2.39. The van der Waals surface area contributed by atoms with Crippen molar-refractivity contribution in [2.45, 2.75) is 32.2 Å². The Morgan fingerprint density at radius 1 is 1.46 bits per heavy atom. The Labute approximate surface area is 146 Å². The largest absolute Gasteiger partial charge is 0.338 e. The molecule has 1 aromatic carbocycles. The first kappa shape index (κ1) is 18.6. The second-order valence-corrected chi connectivity index (χ2v) is 6.96. The van der Waals surface area contributed by atoms with Crippen molar-refractivity contribution in [1.82, 2.24) is 15.1 Å². The zero-order chi connectivity index (χ0) is 17.7. The van der Waals surface area contributed by atoms with Crippen LogP contribution in [0.4, 0.5) is 9.18 Å². The molecule has 1 fully saturated rings. The van der Waals surface area contributed by atoms with Crippen molar-refractivity contribution in [3.05, 3.63) is 35.6 Å². The molecule has 5 nitrogen and oxygen atoms in total. The molecule has 0 radical (unpaired) electrons. The Morgan fingerprint density at radius 3 is 2.79 bits per heavy atom. The number of thioether (sulfide) groups is 1. The maximum absolute atomic E-state index is 14.1. The van der Waals surface area contributed by atoms with Gasteiger partial charge in [-0.1, -0.05) is 18.2 Å². The first-order chi connectivity index (χ1) is 11.5. The summed E-state index contributed by atoms with van der Waals surface area (Å²) in [5.74, 6) is 0.00830. The van der Waals surface area contributed by atoms with Gasteiger partial charge in [-0.2, -0.15) is 0 Å². The van der Waals surface area contributed by atoms with Gasteiger partial charge in [-0.25, -0.2) is 9.18 Å². The molecule has 24 heavy (non-hydrogen) atoms. The molecule has 0 saturated carbocycles. The lowest BCUT2D eigenvalue weighted by molar-refractivity contribution is -0.128. The van der Waals surface area contributed by atoms with Crippen LogP contribution < -0.4 is 5.32 Å². The van der Waals surface area contributed by atoms with Crippen molar-refractivity contribution in [2.75, 3.05) is 25.4 Å². The molecule has 0 bridgehead atoms. The minimum Gasteiger partial charge on any atom is -0.338 e. The summed E-state index contributed by atoms with van der Waals surface area (Å²) in [4.78, 5) is 27.7. The predicted molar refractivity (Wildman–Crippen MR) is 94.2 cm³/mol. The van der Waals surface area contributed by atoms with E-state index in [4.69, 9.17) is 0 Å². The third-order valence-electron chi connectivity index (χ3n) is 3.93. The Morgan fingerprint density at radius 2 is 2.17 bits per heavy atom. The second kappa shape index (κ2) is 8.37. The number of hydrogen-bond acceptors (Lipinski definition) is 3. The van der Waals surface area contributed by atoms with E-state index < -0.39 is 0 Å². The predicted octanol–water partition coefficient (Wildman–Crippen LogP) is 2.84. The van der Waals surface area contributed by atoms with Gasteiger partial charge in [0.05, 0.1) is 5.75 Å². The molecular weight excluding hydrogens is 329 g/mol. The summed E-state index contributed by atoms with van der Waals surface area (Å²) in [6, 6.07) is 6.41. The van der Waals surface area contributed by atoms with E-state index >= 15 is 0 Å². The molecule has 132 valence electrons. The number of carbonyl (C=O) groups excluding carboxylic acids is 2. The molecule has 0 spiro atoms. The van der Waals surface area contributed by atoms with E-state index in [1.807, 2.05) is 20.8 Å². The van der Waals surface area contributed by atoms with Crippen LogP contribution in [0.1, 0.15) is 31.7 Å². The third kappa shape index (κ3) is 4.20. The number of amides is 3. The van der Waals surface area contributed by atoms with Gasteiger partial charge in [-0.05, 0) is 26.8 Å². The molecule has 7 heteroatoms. The summed E-state index contributed by atoms with van der Waals surface area (Å²) in [5.41, 5.74) is 0.516. The number of carbonyl (C=O) groups is 2. The van der Waals surface area contributed by atoms with Crippen molar-refractivity contribution in [2.24, 2.45) is 0 Å². The first-order valence-electron chi connectivity index (χ1n) is 8.15. The maximum Gasteiger partial charge on any atom is 0.317 e. The van der Waals surface area contributed by atoms with Gasteiger partial charge in [0, 0.05) is 31.2 Å². The van der Waals surface area contributed by atoms with Gasteiger partial charge in [0.25, 0.3) is 0 Å². The van der Waals surface area contributed by atoms with E-state index in [1.54, 1.807) is 28.0 Å². The lowest BCUT2D eigenvalue weighted by Gasteiger charge is -2.31. The molecule has 1 aromatic rings. The number of nitrogens with zero attached hydrogens (tertiary/aromatic N) is 2. The maximum atomic E-state index is 14.1. The Bertz CT molecular complexity index is 597. The lowest BCUT2D eigenvalue weighted by atomic mass is 10.2. The zero-order valence-electron chi connectivity index (χ0n) is 14.3. The molecule has 1 N–H and O–H groups in total. The molecule has 3 amide bonds. The molecule has 1 heterocycles. The fourth-order valence-corrected chi connectivity index (χ4v) is 3.93. The van der Waals surface area contributed by atoms with Crippen LogP contribution in [0.3, 0.4) is 0 Å². The molecule has 0 aromatic heterocycles. The number of nitrogens with one attached hydrogen (secondary N) is 1. The smallest absolute Gasteiger partial charge is 0.317 e. The van der Waals surface area contributed by atoms with Crippen molar-refractivity contribution in [1.29, 1.82) is 0 Å². The fourth-order valence-electron chi connectivity index (χ4n) is 2.69. The van der Waals surface area contributed by atoms with E-state index in [1.165, 1.54) is 17.8 Å². The van der Waals surface area contributed by atoms with Crippen molar-refractivity contribution < 1.29 is 14.0 Å². The summed E-state index contributed by atoms with van der Waals surface area (Å²) in [7, 11) is 0. The summed E-state index contributed by atoms with van der Waals surface area (Å²) in [6.07, 6.45) is 0. The van der Waals surface area contributed by atoms with E-state index in [0.29, 0.717) is 31.0 Å². The minimum atomic E-state index is -0.332. The van der Waals surface area contributed by atoms with Gasteiger partial charge >= 0.3 is 6.03 Å². The van der Waals surface area contributed by atoms with Crippen LogP contribution in [0.25, 0.3) is 0 Å². The van der Waals surface area contributed by atoms with Crippen molar-refractivity contribution in [3.8, 4) is 0 Å². The van der Waals surface area contributed by atoms with Gasteiger partial charge < -0.3 is 15.1 Å². The van der Waals surface area contributed by atoms with Gasteiger partial charge in [-0.3, -0.25) is 4.79 Å². The summed E-state index contributed by atoms with van der Waals surface area (Å²) in [5, 5.41) is 2.45. The highest BCUT2D eigenvalue weighted by Gasteiger charge is 2.34. The highest BCUT2D eigenvalue weighted by molar-refractivity contribution is 8.00. The van der Waals surface area contributed by atoms with Gasteiger partial charge in [0.2, 0.25) is 5.91 Å². The zero-order valence-corrected chi connectivity index (χ0v) is 15.1. The topological polar surface area (TPSA) is 52.7 Å². The number of rotatable bonds is 6. The van der Waals surface area contributed by atoms with Gasteiger partial charge in [0.1, 0.15) is 11.2 Å². The highest BCUT2D eigenvalue weighted by atomic mass is 32.2. The fraction of sp³-hybridized carbons (Fsp3) is 0.529. The van der Waals surface area contributed by atoms with Crippen LogP contribution in [0.15, 0.2) is 24.3 Å². The van der Waals surface area contributed by atoms with Crippen LogP contribution in [-0.2, 0) is 4.79 Å². The molecular formula is C17H24FN3O2S. The minimum absolute atomic E-state index is 0.0205. The third-order valence-corrected chi connectivity index (χ3v) is 5.17. The molecule has 0 aliphatic carbocycles. The number of urea groups is 1. The van der Waals surface area contributed by atoms with E-state index in [9.17, 15) is 14.0 Å². The van der Waals surface area contributed by atoms with Crippen LogP contribution >= 0.6 is 11.8 Å². The van der Waals surface area contributed by atoms with Gasteiger partial charge in [0.15, 0.2) is 0 Å². The Kier molecular flexibility index (Phi) is 6.48. The standard InChI is InChI=1S/C17H24FN3O2S/c1-4-19-17(23)20(12(2)3)9-10-21-15(22)11-24-16(21)13-7-5-6-8-14(13)18/h5-8,12,16H,4,9-11H2,1-3H3,(H,19,23)/t16-/m0/s1. The van der Waals surface area contributed by atoms with Crippen LogP contribution in [0, 0.1) is 5.82 Å². The molecule has 1 atom stereocenters. The van der Waals surface area contributed by atoms with Gasteiger partial charge in [-0.15, -0.1) is 11.8 Å². The first-order valence-corrected chi connectivity index (χ1v) is 9.20. The molecule has 1 aliphatic heterocycles. The van der Waals surface area contributed by atoms with Crippen molar-refractivity contribution in [3.63, 3.8) is 0 Å². The molecule has 1 saturated heterocycles. The number of hydrogen-bond donors (Lipinski definition) is 1. The summed E-state index contributed by atoms with van der Waals surface area (Å²) < 4.78 is 14.1. The Balaban J connectivity index is 2.09. The molecule has 2 rings (SSSR count). The summed E-state index contributed by atoms with van der Waals surface area (Å²) in [6.45, 7) is 7.10. The van der Waals surface area contributed by atoms with Crippen LogP contribution in [0.2, 0.25) is 0 Å². The normalized spacial score (nSPS) is 17.5. The van der Waals surface area contributed by atoms with E-state index in [2.05, 4.69) is 5.32 Å². The van der Waals surface area contributed by atoms with Crippen molar-refractivity contribution >= 4 is 23.7 Å². The Hall–Kier alpha value is -1.76. The van der Waals surface area contributed by atoms with Crippen LogP contribution in [0.5, 0.6) is 0 Å². The molecule has 0 unspecified atom stereocenters. The van der Waals surface area contributed by atoms with E-state index in [0.717, 1.165) is 0 Å².